The van der Waals surface area contributed by atoms with E-state index in [0.717, 1.165) is 12.1 Å². The van der Waals surface area contributed by atoms with Gasteiger partial charge in [-0.05, 0) is 18.2 Å². The van der Waals surface area contributed by atoms with E-state index in [4.69, 9.17) is 15.2 Å². The lowest BCUT2D eigenvalue weighted by atomic mass is 10.2. The number of halogens is 1. The molecule has 4 nitrogen and oxygen atoms in total. The quantitative estimate of drug-likeness (QED) is 0.471. The average Bonchev–Trinajstić information content (AvgIpc) is 2.22. The molecule has 0 aliphatic heterocycles. The van der Waals surface area contributed by atoms with Gasteiger partial charge in [-0.1, -0.05) is 0 Å². The van der Waals surface area contributed by atoms with Gasteiger partial charge in [0.2, 0.25) is 0 Å². The van der Waals surface area contributed by atoms with Crippen molar-refractivity contribution in [1.29, 1.82) is 0 Å². The summed E-state index contributed by atoms with van der Waals surface area (Å²) in [6, 6.07) is 3.61. The molecule has 0 bridgehead atoms. The largest absolute Gasteiger partial charge is 0.462 e. The van der Waals surface area contributed by atoms with Crippen LogP contribution in [0.4, 0.5) is 10.1 Å². The maximum absolute atomic E-state index is 12.9. The number of ether oxygens (including phenoxy) is 2. The van der Waals surface area contributed by atoms with Crippen LogP contribution in [-0.2, 0) is 9.47 Å². The Morgan fingerprint density at radius 2 is 2.12 bits per heavy atom. The third-order valence-electron chi connectivity index (χ3n) is 1.88. The summed E-state index contributed by atoms with van der Waals surface area (Å²) in [4.78, 5) is 11.4. The third-order valence-corrected chi connectivity index (χ3v) is 1.88. The molecule has 0 aliphatic rings. The Hall–Kier alpha value is -1.62. The highest BCUT2D eigenvalue weighted by atomic mass is 19.1. The van der Waals surface area contributed by atoms with Crippen LogP contribution >= 0.6 is 0 Å². The van der Waals surface area contributed by atoms with E-state index in [9.17, 15) is 9.18 Å². The molecule has 16 heavy (non-hydrogen) atoms. The van der Waals surface area contributed by atoms with Crippen molar-refractivity contribution in [3.8, 4) is 0 Å². The van der Waals surface area contributed by atoms with E-state index in [2.05, 4.69) is 0 Å². The van der Waals surface area contributed by atoms with Crippen molar-refractivity contribution in [2.75, 3.05) is 26.1 Å². The van der Waals surface area contributed by atoms with Crippen molar-refractivity contribution >= 4 is 11.7 Å². The highest BCUT2D eigenvalue weighted by Gasteiger charge is 2.09. The van der Waals surface area contributed by atoms with Crippen LogP contribution in [0.1, 0.15) is 16.8 Å². The molecule has 1 aromatic rings. The zero-order valence-electron chi connectivity index (χ0n) is 9.03. The molecule has 0 amide bonds. The number of anilines is 1. The summed E-state index contributed by atoms with van der Waals surface area (Å²) >= 11 is 0. The molecular weight excluding hydrogens is 213 g/mol. The molecule has 0 aromatic heterocycles. The zero-order valence-corrected chi connectivity index (χ0v) is 9.03. The first-order chi connectivity index (χ1) is 7.63. The van der Waals surface area contributed by atoms with Gasteiger partial charge in [0.1, 0.15) is 5.82 Å². The van der Waals surface area contributed by atoms with Crippen LogP contribution in [0.3, 0.4) is 0 Å². The maximum Gasteiger partial charge on any atom is 0.338 e. The van der Waals surface area contributed by atoms with Crippen molar-refractivity contribution in [2.24, 2.45) is 0 Å². The van der Waals surface area contributed by atoms with Gasteiger partial charge in [0.05, 0.1) is 12.2 Å². The molecule has 1 aromatic carbocycles. The van der Waals surface area contributed by atoms with Gasteiger partial charge >= 0.3 is 5.97 Å². The van der Waals surface area contributed by atoms with Gasteiger partial charge in [-0.15, -0.1) is 0 Å². The Balaban J connectivity index is 2.52. The predicted molar refractivity (Wildman–Crippen MR) is 57.6 cm³/mol. The Kier molecular flexibility index (Phi) is 4.72. The summed E-state index contributed by atoms with van der Waals surface area (Å²) in [6.07, 6.45) is 0.604. The lowest BCUT2D eigenvalue weighted by Crippen LogP contribution is -2.08. The van der Waals surface area contributed by atoms with Crippen LogP contribution < -0.4 is 5.73 Å². The normalized spacial score (nSPS) is 10.1. The molecule has 0 saturated heterocycles. The highest BCUT2D eigenvalue weighted by Crippen LogP contribution is 2.11. The van der Waals surface area contributed by atoms with Crippen LogP contribution in [0.5, 0.6) is 0 Å². The summed E-state index contributed by atoms with van der Waals surface area (Å²) < 4.78 is 22.6. The molecule has 0 heterocycles. The number of nitrogens with two attached hydrogens (primary N) is 1. The van der Waals surface area contributed by atoms with Crippen LogP contribution in [0.15, 0.2) is 18.2 Å². The first-order valence-electron chi connectivity index (χ1n) is 4.85. The number of carbonyl (C=O) groups excluding carboxylic acids is 1. The first kappa shape index (κ1) is 12.4. The van der Waals surface area contributed by atoms with Gasteiger partial charge in [0, 0.05) is 25.8 Å². The summed E-state index contributed by atoms with van der Waals surface area (Å²) in [5.74, 6) is -1.13. The van der Waals surface area contributed by atoms with Crippen molar-refractivity contribution in [3.05, 3.63) is 29.6 Å². The van der Waals surface area contributed by atoms with E-state index < -0.39 is 11.8 Å². The van der Waals surface area contributed by atoms with Crippen LogP contribution in [0.25, 0.3) is 0 Å². The van der Waals surface area contributed by atoms with Gasteiger partial charge in [-0.3, -0.25) is 0 Å². The molecule has 0 aliphatic carbocycles. The molecule has 0 saturated carbocycles. The third kappa shape index (κ3) is 3.86. The monoisotopic (exact) mass is 227 g/mol. The summed E-state index contributed by atoms with van der Waals surface area (Å²) in [5, 5.41) is 0. The minimum absolute atomic E-state index is 0.120. The van der Waals surface area contributed by atoms with Crippen molar-refractivity contribution < 1.29 is 18.7 Å². The van der Waals surface area contributed by atoms with Gasteiger partial charge in [-0.2, -0.15) is 0 Å². The molecular formula is C11H14FNO3. The van der Waals surface area contributed by atoms with Gasteiger partial charge in [-0.25, -0.2) is 9.18 Å². The number of nitrogen functional groups attached to an aromatic ring is 1. The summed E-state index contributed by atoms with van der Waals surface area (Å²) in [7, 11) is 1.56. The SMILES string of the molecule is COCCCOC(=O)c1cc(N)cc(F)c1. The van der Waals surface area contributed by atoms with Gasteiger partial charge in [0.15, 0.2) is 0 Å². The van der Waals surface area contributed by atoms with Crippen LogP contribution in [0.2, 0.25) is 0 Å². The Morgan fingerprint density at radius 3 is 2.75 bits per heavy atom. The van der Waals surface area contributed by atoms with Crippen molar-refractivity contribution in [1.82, 2.24) is 0 Å². The molecule has 1 rings (SSSR count). The number of rotatable bonds is 5. The van der Waals surface area contributed by atoms with Crippen LogP contribution in [0, 0.1) is 5.82 Å². The minimum atomic E-state index is -0.581. The van der Waals surface area contributed by atoms with Crippen molar-refractivity contribution in [2.45, 2.75) is 6.42 Å². The second kappa shape index (κ2) is 6.07. The van der Waals surface area contributed by atoms with Gasteiger partial charge < -0.3 is 15.2 Å². The lowest BCUT2D eigenvalue weighted by molar-refractivity contribution is 0.0468. The standard InChI is InChI=1S/C11H14FNO3/c1-15-3-2-4-16-11(14)8-5-9(12)7-10(13)6-8/h5-7H,2-4,13H2,1H3. The second-order valence-electron chi connectivity index (χ2n) is 3.26. The number of benzene rings is 1. The zero-order chi connectivity index (χ0) is 12.0. The first-order valence-corrected chi connectivity index (χ1v) is 4.85. The predicted octanol–water partition coefficient (Wildman–Crippen LogP) is 1.60. The molecule has 2 N–H and O–H groups in total. The second-order valence-corrected chi connectivity index (χ2v) is 3.26. The van der Waals surface area contributed by atoms with Crippen LogP contribution in [-0.4, -0.2) is 26.3 Å². The summed E-state index contributed by atoms with van der Waals surface area (Å²) in [6.45, 7) is 0.752. The Bertz CT molecular complexity index is 348. The number of esters is 1. The molecule has 0 atom stereocenters. The van der Waals surface area contributed by atoms with Crippen molar-refractivity contribution in [3.63, 3.8) is 0 Å². The van der Waals surface area contributed by atoms with E-state index in [1.54, 1.807) is 7.11 Å². The Morgan fingerprint density at radius 1 is 1.38 bits per heavy atom. The number of hydrogen-bond donors (Lipinski definition) is 1. The number of hydrogen-bond acceptors (Lipinski definition) is 4. The van der Waals surface area contributed by atoms with E-state index in [-0.39, 0.29) is 17.9 Å². The molecule has 0 unspecified atom stereocenters. The lowest BCUT2D eigenvalue weighted by Gasteiger charge is -2.05. The fourth-order valence-electron chi connectivity index (χ4n) is 1.18. The van der Waals surface area contributed by atoms with E-state index in [0.29, 0.717) is 13.0 Å². The maximum atomic E-state index is 12.9. The molecule has 0 spiro atoms. The average molecular weight is 227 g/mol. The van der Waals surface area contributed by atoms with E-state index >= 15 is 0 Å². The fourth-order valence-corrected chi connectivity index (χ4v) is 1.18. The van der Waals surface area contributed by atoms with Gasteiger partial charge in [0.25, 0.3) is 0 Å². The van der Waals surface area contributed by atoms with E-state index in [1.807, 2.05) is 0 Å². The topological polar surface area (TPSA) is 61.5 Å². The number of methoxy groups -OCH3 is 1. The van der Waals surface area contributed by atoms with E-state index in [1.165, 1.54) is 6.07 Å². The smallest absolute Gasteiger partial charge is 0.338 e. The number of carbonyl (C=O) groups is 1. The minimum Gasteiger partial charge on any atom is -0.462 e. The molecule has 88 valence electrons. The fraction of sp³-hybridized carbons (Fsp3) is 0.364. The Labute approximate surface area is 93.2 Å². The summed E-state index contributed by atoms with van der Waals surface area (Å²) in [5.41, 5.74) is 5.72. The molecule has 5 heteroatoms. The highest BCUT2D eigenvalue weighted by molar-refractivity contribution is 5.90. The molecule has 0 radical (unpaired) electrons. The molecule has 0 fully saturated rings.